The van der Waals surface area contributed by atoms with Gasteiger partial charge < -0.3 is 10.5 Å². The Labute approximate surface area is 95.9 Å². The fourth-order valence-electron chi connectivity index (χ4n) is 1.46. The highest BCUT2D eigenvalue weighted by molar-refractivity contribution is 5.82. The van der Waals surface area contributed by atoms with Gasteiger partial charge in [-0.1, -0.05) is 17.7 Å². The van der Waals surface area contributed by atoms with Crippen molar-refractivity contribution in [3.05, 3.63) is 41.5 Å². The van der Waals surface area contributed by atoms with Crippen LogP contribution >= 0.6 is 0 Å². The van der Waals surface area contributed by atoms with Gasteiger partial charge in [-0.3, -0.25) is 0 Å². The van der Waals surface area contributed by atoms with E-state index in [-0.39, 0.29) is 5.97 Å². The minimum absolute atomic E-state index is 0.288. The number of hydrogen-bond acceptors (Lipinski definition) is 3. The van der Waals surface area contributed by atoms with Crippen molar-refractivity contribution in [3.8, 4) is 0 Å². The topological polar surface area (TPSA) is 52.3 Å². The summed E-state index contributed by atoms with van der Waals surface area (Å²) in [4.78, 5) is 11.2. The van der Waals surface area contributed by atoms with E-state index in [0.29, 0.717) is 13.0 Å². The van der Waals surface area contributed by atoms with Gasteiger partial charge in [-0.2, -0.15) is 0 Å². The molecule has 0 saturated carbocycles. The van der Waals surface area contributed by atoms with E-state index < -0.39 is 0 Å². The van der Waals surface area contributed by atoms with Gasteiger partial charge in [0.15, 0.2) is 0 Å². The fraction of sp³-hybridized carbons (Fsp3) is 0.308. The SMILES string of the molecule is CCOC(=O)/C=C(/C)Cc1cccc(N)c1. The summed E-state index contributed by atoms with van der Waals surface area (Å²) in [7, 11) is 0. The molecule has 0 unspecified atom stereocenters. The molecule has 0 spiro atoms. The first-order valence-electron chi connectivity index (χ1n) is 5.30. The molecule has 1 rings (SSSR count). The molecule has 0 aliphatic heterocycles. The molecule has 0 aliphatic rings. The maximum Gasteiger partial charge on any atom is 0.330 e. The van der Waals surface area contributed by atoms with E-state index in [1.165, 1.54) is 6.08 Å². The Bertz CT molecular complexity index is 397. The van der Waals surface area contributed by atoms with Crippen LogP contribution in [0.1, 0.15) is 19.4 Å². The number of carbonyl (C=O) groups is 1. The molecule has 0 bridgehead atoms. The van der Waals surface area contributed by atoms with Crippen LogP contribution in [-0.2, 0) is 16.0 Å². The molecule has 0 aromatic heterocycles. The Hall–Kier alpha value is -1.77. The quantitative estimate of drug-likeness (QED) is 0.480. The second-order valence-electron chi connectivity index (χ2n) is 3.66. The van der Waals surface area contributed by atoms with Gasteiger partial charge in [0, 0.05) is 11.8 Å². The normalized spacial score (nSPS) is 11.2. The number of carbonyl (C=O) groups excluding carboxylic acids is 1. The summed E-state index contributed by atoms with van der Waals surface area (Å²) < 4.78 is 4.83. The van der Waals surface area contributed by atoms with Crippen molar-refractivity contribution in [1.29, 1.82) is 0 Å². The van der Waals surface area contributed by atoms with Crippen molar-refractivity contribution < 1.29 is 9.53 Å². The fourth-order valence-corrected chi connectivity index (χ4v) is 1.46. The number of nitrogens with two attached hydrogens (primary N) is 1. The Morgan fingerprint density at radius 2 is 2.25 bits per heavy atom. The van der Waals surface area contributed by atoms with E-state index >= 15 is 0 Å². The molecular formula is C13H17NO2. The van der Waals surface area contributed by atoms with Gasteiger partial charge in [0.2, 0.25) is 0 Å². The van der Waals surface area contributed by atoms with Crippen LogP contribution in [0.4, 0.5) is 5.69 Å². The maximum absolute atomic E-state index is 11.2. The lowest BCUT2D eigenvalue weighted by molar-refractivity contribution is -0.137. The molecule has 3 heteroatoms. The van der Waals surface area contributed by atoms with Crippen LogP contribution in [0.5, 0.6) is 0 Å². The number of nitrogen functional groups attached to an aromatic ring is 1. The monoisotopic (exact) mass is 219 g/mol. The molecule has 0 radical (unpaired) electrons. The Balaban J connectivity index is 2.63. The highest BCUT2D eigenvalue weighted by Gasteiger charge is 2.00. The smallest absolute Gasteiger partial charge is 0.330 e. The lowest BCUT2D eigenvalue weighted by Gasteiger charge is -2.03. The zero-order chi connectivity index (χ0) is 12.0. The third-order valence-electron chi connectivity index (χ3n) is 2.08. The average molecular weight is 219 g/mol. The average Bonchev–Trinajstić information content (AvgIpc) is 2.17. The van der Waals surface area contributed by atoms with Crippen LogP contribution in [0.15, 0.2) is 35.9 Å². The predicted molar refractivity (Wildman–Crippen MR) is 64.9 cm³/mol. The van der Waals surface area contributed by atoms with Crippen molar-refractivity contribution in [2.45, 2.75) is 20.3 Å². The molecule has 0 atom stereocenters. The van der Waals surface area contributed by atoms with Crippen molar-refractivity contribution in [2.24, 2.45) is 0 Å². The van der Waals surface area contributed by atoms with Crippen LogP contribution in [0.25, 0.3) is 0 Å². The number of esters is 1. The van der Waals surface area contributed by atoms with Crippen LogP contribution in [0.2, 0.25) is 0 Å². The van der Waals surface area contributed by atoms with Crippen molar-refractivity contribution >= 4 is 11.7 Å². The first-order valence-corrected chi connectivity index (χ1v) is 5.30. The minimum atomic E-state index is -0.288. The van der Waals surface area contributed by atoms with Gasteiger partial charge in [0.25, 0.3) is 0 Å². The number of hydrogen-bond donors (Lipinski definition) is 1. The Kier molecular flexibility index (Phi) is 4.58. The molecule has 0 amide bonds. The highest BCUT2D eigenvalue weighted by Crippen LogP contribution is 2.11. The van der Waals surface area contributed by atoms with Gasteiger partial charge >= 0.3 is 5.97 Å². The number of anilines is 1. The van der Waals surface area contributed by atoms with Crippen molar-refractivity contribution in [1.82, 2.24) is 0 Å². The maximum atomic E-state index is 11.2. The van der Waals surface area contributed by atoms with E-state index in [1.807, 2.05) is 31.2 Å². The van der Waals surface area contributed by atoms with Gasteiger partial charge in [-0.15, -0.1) is 0 Å². The first-order chi connectivity index (χ1) is 7.61. The second kappa shape index (κ2) is 5.95. The molecule has 1 aromatic rings. The van der Waals surface area contributed by atoms with E-state index in [2.05, 4.69) is 0 Å². The molecule has 1 aromatic carbocycles. The van der Waals surface area contributed by atoms with E-state index in [1.54, 1.807) is 6.92 Å². The summed E-state index contributed by atoms with van der Waals surface area (Å²) >= 11 is 0. The van der Waals surface area contributed by atoms with E-state index in [9.17, 15) is 4.79 Å². The number of benzene rings is 1. The number of rotatable bonds is 4. The van der Waals surface area contributed by atoms with Gasteiger partial charge in [-0.25, -0.2) is 4.79 Å². The largest absolute Gasteiger partial charge is 0.463 e. The molecule has 0 fully saturated rings. The van der Waals surface area contributed by atoms with E-state index in [0.717, 1.165) is 16.8 Å². The lowest BCUT2D eigenvalue weighted by Crippen LogP contribution is -2.01. The molecule has 16 heavy (non-hydrogen) atoms. The third-order valence-corrected chi connectivity index (χ3v) is 2.08. The second-order valence-corrected chi connectivity index (χ2v) is 3.66. The first kappa shape index (κ1) is 12.3. The molecule has 86 valence electrons. The van der Waals surface area contributed by atoms with Crippen molar-refractivity contribution in [3.63, 3.8) is 0 Å². The summed E-state index contributed by atoms with van der Waals surface area (Å²) in [6.45, 7) is 4.10. The predicted octanol–water partition coefficient (Wildman–Crippen LogP) is 2.32. The Morgan fingerprint density at radius 3 is 2.88 bits per heavy atom. The van der Waals surface area contributed by atoms with Gasteiger partial charge in [0.05, 0.1) is 6.61 Å². The van der Waals surface area contributed by atoms with Gasteiger partial charge in [0.1, 0.15) is 0 Å². The van der Waals surface area contributed by atoms with Gasteiger partial charge in [-0.05, 0) is 38.0 Å². The summed E-state index contributed by atoms with van der Waals surface area (Å²) in [6.07, 6.45) is 2.23. The molecule has 0 heterocycles. The van der Waals surface area contributed by atoms with Crippen molar-refractivity contribution in [2.75, 3.05) is 12.3 Å². The number of allylic oxidation sites excluding steroid dienone is 1. The lowest BCUT2D eigenvalue weighted by atomic mass is 10.1. The molecule has 0 aliphatic carbocycles. The Morgan fingerprint density at radius 1 is 1.50 bits per heavy atom. The van der Waals surface area contributed by atoms with Crippen LogP contribution < -0.4 is 5.73 Å². The van der Waals surface area contributed by atoms with Crippen LogP contribution in [0, 0.1) is 0 Å². The minimum Gasteiger partial charge on any atom is -0.463 e. The highest BCUT2D eigenvalue weighted by atomic mass is 16.5. The van der Waals surface area contributed by atoms with E-state index in [4.69, 9.17) is 10.5 Å². The molecular weight excluding hydrogens is 202 g/mol. The van der Waals surface area contributed by atoms with Crippen LogP contribution in [0.3, 0.4) is 0 Å². The standard InChI is InChI=1S/C13H17NO2/c1-3-16-13(15)8-10(2)7-11-5-4-6-12(14)9-11/h4-6,8-9H,3,7,14H2,1-2H3/b10-8-. The third kappa shape index (κ3) is 4.17. The molecule has 3 nitrogen and oxygen atoms in total. The summed E-state index contributed by atoms with van der Waals surface area (Å²) in [5.41, 5.74) is 8.47. The zero-order valence-electron chi connectivity index (χ0n) is 9.69. The molecule has 0 saturated heterocycles. The van der Waals surface area contributed by atoms with Crippen LogP contribution in [-0.4, -0.2) is 12.6 Å². The summed E-state index contributed by atoms with van der Waals surface area (Å²) in [5.74, 6) is -0.288. The molecule has 2 N–H and O–H groups in total. The number of ether oxygens (including phenoxy) is 1. The zero-order valence-corrected chi connectivity index (χ0v) is 9.69. The summed E-state index contributed by atoms with van der Waals surface area (Å²) in [5, 5.41) is 0. The summed E-state index contributed by atoms with van der Waals surface area (Å²) in [6, 6.07) is 7.64.